The van der Waals surface area contributed by atoms with Crippen LogP contribution in [0.15, 0.2) is 18.3 Å². The second kappa shape index (κ2) is 5.59. The van der Waals surface area contributed by atoms with Gasteiger partial charge in [0.25, 0.3) is 0 Å². The largest absolute Gasteiger partial charge is 0.493 e. The van der Waals surface area contributed by atoms with Crippen LogP contribution in [0.2, 0.25) is 5.02 Å². The fourth-order valence-corrected chi connectivity index (χ4v) is 1.86. The van der Waals surface area contributed by atoms with E-state index in [2.05, 4.69) is 20.7 Å². The van der Waals surface area contributed by atoms with Crippen molar-refractivity contribution in [2.45, 2.75) is 6.54 Å². The van der Waals surface area contributed by atoms with E-state index in [4.69, 9.17) is 21.1 Å². The van der Waals surface area contributed by atoms with E-state index >= 15 is 0 Å². The Morgan fingerprint density at radius 2 is 2.17 bits per heavy atom. The second-order valence-electron chi connectivity index (χ2n) is 3.52. The SMILES string of the molecule is COc1cc(CNc2cn[nH]n2)cc(Cl)c1OC. The highest BCUT2D eigenvalue weighted by Gasteiger charge is 2.10. The maximum atomic E-state index is 6.11. The molecule has 7 heteroatoms. The van der Waals surface area contributed by atoms with E-state index < -0.39 is 0 Å². The average Bonchev–Trinajstić information content (AvgIpc) is 2.88. The summed E-state index contributed by atoms with van der Waals surface area (Å²) in [6.07, 6.45) is 1.60. The van der Waals surface area contributed by atoms with Gasteiger partial charge in [-0.05, 0) is 17.7 Å². The first-order valence-electron chi connectivity index (χ1n) is 5.24. The Morgan fingerprint density at radius 3 is 2.78 bits per heavy atom. The highest BCUT2D eigenvalue weighted by atomic mass is 35.5. The number of H-pyrrole nitrogens is 1. The lowest BCUT2D eigenvalue weighted by Gasteiger charge is -2.12. The van der Waals surface area contributed by atoms with Crippen molar-refractivity contribution in [1.82, 2.24) is 15.4 Å². The van der Waals surface area contributed by atoms with Crippen LogP contribution in [-0.2, 0) is 6.54 Å². The number of ether oxygens (including phenoxy) is 2. The summed E-state index contributed by atoms with van der Waals surface area (Å²) < 4.78 is 10.4. The molecule has 0 radical (unpaired) electrons. The fraction of sp³-hybridized carbons (Fsp3) is 0.273. The lowest BCUT2D eigenvalue weighted by Crippen LogP contribution is -2.01. The van der Waals surface area contributed by atoms with Gasteiger partial charge in [-0.3, -0.25) is 0 Å². The number of hydrogen-bond donors (Lipinski definition) is 2. The first-order chi connectivity index (χ1) is 8.74. The highest BCUT2D eigenvalue weighted by Crippen LogP contribution is 2.36. The minimum Gasteiger partial charge on any atom is -0.493 e. The van der Waals surface area contributed by atoms with Crippen molar-refractivity contribution in [2.75, 3.05) is 19.5 Å². The molecular weight excluding hydrogens is 256 g/mol. The predicted molar refractivity (Wildman–Crippen MR) is 68.3 cm³/mol. The molecule has 18 heavy (non-hydrogen) atoms. The third-order valence-corrected chi connectivity index (χ3v) is 2.66. The molecule has 0 atom stereocenters. The summed E-state index contributed by atoms with van der Waals surface area (Å²) in [5, 5.41) is 13.7. The Kier molecular flexibility index (Phi) is 3.88. The molecule has 1 aromatic heterocycles. The summed E-state index contributed by atoms with van der Waals surface area (Å²) in [6, 6.07) is 3.67. The third kappa shape index (κ3) is 2.65. The van der Waals surface area contributed by atoms with Crippen molar-refractivity contribution in [3.8, 4) is 11.5 Å². The number of nitrogens with one attached hydrogen (secondary N) is 2. The zero-order valence-corrected chi connectivity index (χ0v) is 10.8. The average molecular weight is 269 g/mol. The Balaban J connectivity index is 2.16. The first kappa shape index (κ1) is 12.5. The van der Waals surface area contributed by atoms with E-state index in [1.807, 2.05) is 12.1 Å². The molecule has 0 aliphatic carbocycles. The van der Waals surface area contributed by atoms with Crippen LogP contribution in [-0.4, -0.2) is 29.6 Å². The van der Waals surface area contributed by atoms with Crippen molar-refractivity contribution in [1.29, 1.82) is 0 Å². The van der Waals surface area contributed by atoms with Crippen LogP contribution in [0.1, 0.15) is 5.56 Å². The van der Waals surface area contributed by atoms with Gasteiger partial charge in [0.2, 0.25) is 0 Å². The van der Waals surface area contributed by atoms with Gasteiger partial charge >= 0.3 is 0 Å². The third-order valence-electron chi connectivity index (χ3n) is 2.38. The van der Waals surface area contributed by atoms with Gasteiger partial charge in [-0.15, -0.1) is 5.10 Å². The Bertz CT molecular complexity index is 516. The molecule has 0 saturated carbocycles. The summed E-state index contributed by atoms with van der Waals surface area (Å²) in [4.78, 5) is 0. The second-order valence-corrected chi connectivity index (χ2v) is 3.93. The monoisotopic (exact) mass is 268 g/mol. The standard InChI is InChI=1S/C11H13ClN4O2/c1-17-9-4-7(3-8(12)11(9)18-2)5-13-10-6-14-16-15-10/h3-4,6H,5H2,1-2H3,(H2,13,14,15,16). The molecule has 1 heterocycles. The van der Waals surface area contributed by atoms with E-state index in [1.54, 1.807) is 20.4 Å². The minimum atomic E-state index is 0.508. The van der Waals surface area contributed by atoms with Gasteiger partial charge in [0.05, 0.1) is 25.4 Å². The van der Waals surface area contributed by atoms with E-state index in [1.165, 1.54) is 0 Å². The van der Waals surface area contributed by atoms with Gasteiger partial charge in [0, 0.05) is 6.54 Å². The summed E-state index contributed by atoms with van der Waals surface area (Å²) in [5.74, 6) is 1.80. The number of hydrogen-bond acceptors (Lipinski definition) is 5. The predicted octanol–water partition coefficient (Wildman–Crippen LogP) is 2.09. The Hall–Kier alpha value is -1.95. The number of benzene rings is 1. The number of aromatic nitrogens is 3. The quantitative estimate of drug-likeness (QED) is 0.869. The van der Waals surface area contributed by atoms with Crippen LogP contribution in [0.25, 0.3) is 0 Å². The lowest BCUT2D eigenvalue weighted by atomic mass is 10.2. The number of rotatable bonds is 5. The molecule has 0 fully saturated rings. The van der Waals surface area contributed by atoms with Crippen molar-refractivity contribution in [3.05, 3.63) is 28.9 Å². The molecule has 2 rings (SSSR count). The number of methoxy groups -OCH3 is 2. The summed E-state index contributed by atoms with van der Waals surface area (Å²) in [5.41, 5.74) is 0.959. The number of nitrogens with zero attached hydrogens (tertiary/aromatic N) is 2. The maximum Gasteiger partial charge on any atom is 0.179 e. The van der Waals surface area contributed by atoms with Gasteiger partial charge in [-0.25, -0.2) is 0 Å². The summed E-state index contributed by atoms with van der Waals surface area (Å²) >= 11 is 6.11. The topological polar surface area (TPSA) is 72.1 Å². The lowest BCUT2D eigenvalue weighted by molar-refractivity contribution is 0.355. The van der Waals surface area contributed by atoms with Crippen LogP contribution >= 0.6 is 11.6 Å². The Morgan fingerprint density at radius 1 is 1.33 bits per heavy atom. The molecule has 2 aromatic rings. The molecule has 2 N–H and O–H groups in total. The molecule has 0 saturated heterocycles. The first-order valence-corrected chi connectivity index (χ1v) is 5.62. The molecule has 96 valence electrons. The van der Waals surface area contributed by atoms with E-state index in [0.29, 0.717) is 28.9 Å². The van der Waals surface area contributed by atoms with Crippen molar-refractivity contribution in [2.24, 2.45) is 0 Å². The molecule has 0 amide bonds. The molecule has 1 aromatic carbocycles. The van der Waals surface area contributed by atoms with Crippen LogP contribution in [0.4, 0.5) is 5.82 Å². The van der Waals surface area contributed by atoms with Crippen molar-refractivity contribution in [3.63, 3.8) is 0 Å². The smallest absolute Gasteiger partial charge is 0.179 e. The van der Waals surface area contributed by atoms with Crippen molar-refractivity contribution < 1.29 is 9.47 Å². The zero-order valence-electron chi connectivity index (χ0n) is 10.0. The number of halogens is 1. The van der Waals surface area contributed by atoms with E-state index in [-0.39, 0.29) is 0 Å². The Labute approximate surface area is 109 Å². The van der Waals surface area contributed by atoms with Crippen molar-refractivity contribution >= 4 is 17.4 Å². The molecule has 0 aliphatic heterocycles. The van der Waals surface area contributed by atoms with E-state index in [9.17, 15) is 0 Å². The highest BCUT2D eigenvalue weighted by molar-refractivity contribution is 6.32. The van der Waals surface area contributed by atoms with Crippen LogP contribution in [0.3, 0.4) is 0 Å². The van der Waals surface area contributed by atoms with Gasteiger partial charge in [-0.2, -0.15) is 10.3 Å². The molecule has 0 bridgehead atoms. The zero-order chi connectivity index (χ0) is 13.0. The molecule has 0 spiro atoms. The van der Waals surface area contributed by atoms with E-state index in [0.717, 1.165) is 5.56 Å². The normalized spacial score (nSPS) is 10.2. The number of aromatic amines is 1. The van der Waals surface area contributed by atoms with Gasteiger partial charge in [0.1, 0.15) is 0 Å². The summed E-state index contributed by atoms with van der Waals surface area (Å²) in [7, 11) is 3.13. The van der Waals surface area contributed by atoms with Gasteiger partial charge < -0.3 is 14.8 Å². The van der Waals surface area contributed by atoms with Crippen LogP contribution < -0.4 is 14.8 Å². The fourth-order valence-electron chi connectivity index (χ4n) is 1.55. The molecule has 6 nitrogen and oxygen atoms in total. The number of anilines is 1. The molecule has 0 unspecified atom stereocenters. The van der Waals surface area contributed by atoms with Gasteiger partial charge in [0.15, 0.2) is 17.3 Å². The minimum absolute atomic E-state index is 0.508. The van der Waals surface area contributed by atoms with Crippen LogP contribution in [0.5, 0.6) is 11.5 Å². The van der Waals surface area contributed by atoms with Gasteiger partial charge in [-0.1, -0.05) is 11.6 Å². The molecular formula is C11H13ClN4O2. The molecule has 0 aliphatic rings. The summed E-state index contributed by atoms with van der Waals surface area (Å²) in [6.45, 7) is 0.562. The maximum absolute atomic E-state index is 6.11. The van der Waals surface area contributed by atoms with Crippen LogP contribution in [0, 0.1) is 0 Å².